The minimum atomic E-state index is -3.65. The smallest absolute Gasteiger partial charge is 0.247 e. The van der Waals surface area contributed by atoms with E-state index in [4.69, 9.17) is 0 Å². The van der Waals surface area contributed by atoms with Gasteiger partial charge in [-0.15, -0.1) is 0 Å². The molecule has 1 aliphatic rings. The summed E-state index contributed by atoms with van der Waals surface area (Å²) in [6.07, 6.45) is 3.54. The lowest BCUT2D eigenvalue weighted by molar-refractivity contribution is -0.116. The van der Waals surface area contributed by atoms with E-state index in [2.05, 4.69) is 10.2 Å². The lowest BCUT2D eigenvalue weighted by Crippen LogP contribution is -2.45. The van der Waals surface area contributed by atoms with Gasteiger partial charge in [0.2, 0.25) is 15.9 Å². The molecule has 6 nitrogen and oxygen atoms in total. The Labute approximate surface area is 173 Å². The van der Waals surface area contributed by atoms with Crippen molar-refractivity contribution in [3.8, 4) is 0 Å². The number of carbonyl (C=O) groups excluding carboxylic acids is 1. The first kappa shape index (κ1) is 21.2. The van der Waals surface area contributed by atoms with Crippen LogP contribution in [0.1, 0.15) is 30.9 Å². The number of nitrogens with zero attached hydrogens (tertiary/aromatic N) is 2. The van der Waals surface area contributed by atoms with Crippen molar-refractivity contribution in [2.45, 2.75) is 39.7 Å². The highest BCUT2D eigenvalue weighted by atomic mass is 32.2. The number of amides is 1. The number of carbonyl (C=O) groups is 1. The molecular weight excluding hydrogens is 386 g/mol. The maximum Gasteiger partial charge on any atom is 0.247 e. The number of benzene rings is 2. The second-order valence-electron chi connectivity index (χ2n) is 7.76. The first-order valence-corrected chi connectivity index (χ1v) is 11.7. The highest BCUT2D eigenvalue weighted by Crippen LogP contribution is 2.27. The summed E-state index contributed by atoms with van der Waals surface area (Å²) >= 11 is 0. The molecule has 2 aromatic carbocycles. The molecule has 3 rings (SSSR count). The van der Waals surface area contributed by atoms with Gasteiger partial charge in [-0.05, 0) is 75.1 Å². The van der Waals surface area contributed by atoms with Crippen LogP contribution in [-0.2, 0) is 14.8 Å². The first-order valence-electron chi connectivity index (χ1n) is 9.89. The summed E-state index contributed by atoms with van der Waals surface area (Å²) in [6, 6.07) is 12.4. The van der Waals surface area contributed by atoms with Gasteiger partial charge >= 0.3 is 0 Å². The van der Waals surface area contributed by atoms with Gasteiger partial charge in [-0.25, -0.2) is 8.42 Å². The summed E-state index contributed by atoms with van der Waals surface area (Å²) in [6.45, 7) is 7.46. The Morgan fingerprint density at radius 1 is 1.07 bits per heavy atom. The second-order valence-corrected chi connectivity index (χ2v) is 9.61. The summed E-state index contributed by atoms with van der Waals surface area (Å²) in [4.78, 5) is 15.2. The van der Waals surface area contributed by atoms with Crippen LogP contribution in [0.3, 0.4) is 0 Å². The third-order valence-corrected chi connectivity index (χ3v) is 6.52. The van der Waals surface area contributed by atoms with Crippen LogP contribution in [0.25, 0.3) is 0 Å². The van der Waals surface area contributed by atoms with E-state index >= 15 is 0 Å². The van der Waals surface area contributed by atoms with Gasteiger partial charge in [0.25, 0.3) is 0 Å². The number of nitrogens with one attached hydrogen (secondary N) is 1. The quantitative estimate of drug-likeness (QED) is 0.781. The minimum Gasteiger partial charge on any atom is -0.372 e. The van der Waals surface area contributed by atoms with Crippen LogP contribution in [0.5, 0.6) is 0 Å². The van der Waals surface area contributed by atoms with Gasteiger partial charge in [0.1, 0.15) is 6.04 Å². The van der Waals surface area contributed by atoms with Crippen LogP contribution >= 0.6 is 0 Å². The SMILES string of the molecule is Cc1ccc(C)c(N([C@H](C)C(=O)Nc2ccc(N3CCCC3)cc2)S(C)(=O)=O)c1. The Morgan fingerprint density at radius 3 is 2.28 bits per heavy atom. The zero-order valence-electron chi connectivity index (χ0n) is 17.5. The molecular formula is C22H29N3O3S. The molecule has 1 N–H and O–H groups in total. The van der Waals surface area contributed by atoms with Crippen LogP contribution < -0.4 is 14.5 Å². The van der Waals surface area contributed by atoms with Crippen LogP contribution in [0, 0.1) is 13.8 Å². The fraction of sp³-hybridized carbons (Fsp3) is 0.409. The molecule has 2 aromatic rings. The molecule has 29 heavy (non-hydrogen) atoms. The molecule has 0 bridgehead atoms. The third kappa shape index (κ3) is 4.90. The Kier molecular flexibility index (Phi) is 6.17. The summed E-state index contributed by atoms with van der Waals surface area (Å²) in [5.41, 5.74) is 4.06. The van der Waals surface area contributed by atoms with Crippen LogP contribution in [-0.4, -0.2) is 39.7 Å². The number of aryl methyl sites for hydroxylation is 2. The molecule has 1 atom stereocenters. The maximum absolute atomic E-state index is 12.9. The van der Waals surface area contributed by atoms with E-state index in [0.29, 0.717) is 11.4 Å². The fourth-order valence-electron chi connectivity index (χ4n) is 3.72. The van der Waals surface area contributed by atoms with Gasteiger partial charge in [0.15, 0.2) is 0 Å². The molecule has 156 valence electrons. The van der Waals surface area contributed by atoms with Gasteiger partial charge in [-0.3, -0.25) is 9.10 Å². The zero-order valence-corrected chi connectivity index (χ0v) is 18.3. The van der Waals surface area contributed by atoms with Gasteiger partial charge in [-0.2, -0.15) is 0 Å². The van der Waals surface area contributed by atoms with Gasteiger partial charge in [0, 0.05) is 24.5 Å². The second kappa shape index (κ2) is 8.45. The molecule has 1 aliphatic heterocycles. The van der Waals surface area contributed by atoms with Crippen LogP contribution in [0.4, 0.5) is 17.1 Å². The first-order chi connectivity index (χ1) is 13.7. The molecule has 0 aromatic heterocycles. The largest absolute Gasteiger partial charge is 0.372 e. The van der Waals surface area contributed by atoms with E-state index in [0.717, 1.165) is 36.2 Å². The van der Waals surface area contributed by atoms with E-state index < -0.39 is 16.1 Å². The average Bonchev–Trinajstić information content (AvgIpc) is 3.19. The molecule has 1 saturated heterocycles. The Hall–Kier alpha value is -2.54. The van der Waals surface area contributed by atoms with Crippen molar-refractivity contribution >= 4 is 33.0 Å². The third-order valence-electron chi connectivity index (χ3n) is 5.30. The number of rotatable bonds is 6. The molecule has 0 aliphatic carbocycles. The van der Waals surface area contributed by atoms with Crippen molar-refractivity contribution in [1.29, 1.82) is 0 Å². The van der Waals surface area contributed by atoms with Crippen molar-refractivity contribution in [3.05, 3.63) is 53.6 Å². The Morgan fingerprint density at radius 2 is 1.69 bits per heavy atom. The zero-order chi connectivity index (χ0) is 21.2. The highest BCUT2D eigenvalue weighted by molar-refractivity contribution is 7.92. The van der Waals surface area contributed by atoms with Crippen LogP contribution in [0.2, 0.25) is 0 Å². The molecule has 1 fully saturated rings. The number of hydrogen-bond donors (Lipinski definition) is 1. The van der Waals surface area contributed by atoms with Gasteiger partial charge < -0.3 is 10.2 Å². The molecule has 0 radical (unpaired) electrons. The van der Waals surface area contributed by atoms with E-state index in [-0.39, 0.29) is 5.91 Å². The number of anilines is 3. The molecule has 0 unspecified atom stereocenters. The van der Waals surface area contributed by atoms with Crippen molar-refractivity contribution < 1.29 is 13.2 Å². The lowest BCUT2D eigenvalue weighted by atomic mass is 10.1. The molecule has 0 saturated carbocycles. The summed E-state index contributed by atoms with van der Waals surface area (Å²) in [5.74, 6) is -0.370. The van der Waals surface area contributed by atoms with Crippen molar-refractivity contribution in [3.63, 3.8) is 0 Å². The predicted molar refractivity (Wildman–Crippen MR) is 119 cm³/mol. The Balaban J connectivity index is 1.80. The highest BCUT2D eigenvalue weighted by Gasteiger charge is 2.30. The monoisotopic (exact) mass is 415 g/mol. The van der Waals surface area contributed by atoms with Crippen molar-refractivity contribution in [1.82, 2.24) is 0 Å². The van der Waals surface area contributed by atoms with E-state index in [1.165, 1.54) is 17.1 Å². The average molecular weight is 416 g/mol. The molecule has 0 spiro atoms. The normalized spacial score (nSPS) is 15.2. The Bertz CT molecular complexity index is 981. The van der Waals surface area contributed by atoms with Crippen molar-refractivity contribution in [2.24, 2.45) is 0 Å². The van der Waals surface area contributed by atoms with E-state index in [1.807, 2.05) is 50.2 Å². The molecule has 1 amide bonds. The topological polar surface area (TPSA) is 69.7 Å². The number of sulfonamides is 1. The van der Waals surface area contributed by atoms with Gasteiger partial charge in [-0.1, -0.05) is 12.1 Å². The molecule has 7 heteroatoms. The van der Waals surface area contributed by atoms with E-state index in [9.17, 15) is 13.2 Å². The number of hydrogen-bond acceptors (Lipinski definition) is 4. The maximum atomic E-state index is 12.9. The summed E-state index contributed by atoms with van der Waals surface area (Å²) < 4.78 is 26.2. The lowest BCUT2D eigenvalue weighted by Gasteiger charge is -2.29. The van der Waals surface area contributed by atoms with Gasteiger partial charge in [0.05, 0.1) is 11.9 Å². The minimum absolute atomic E-state index is 0.370. The summed E-state index contributed by atoms with van der Waals surface area (Å²) in [7, 11) is -3.65. The fourth-order valence-corrected chi connectivity index (χ4v) is 4.94. The van der Waals surface area contributed by atoms with Crippen LogP contribution in [0.15, 0.2) is 42.5 Å². The summed E-state index contributed by atoms with van der Waals surface area (Å²) in [5, 5.41) is 2.85. The van der Waals surface area contributed by atoms with Crippen molar-refractivity contribution in [2.75, 3.05) is 33.9 Å². The van der Waals surface area contributed by atoms with E-state index in [1.54, 1.807) is 13.0 Å². The molecule has 1 heterocycles. The predicted octanol–water partition coefficient (Wildman–Crippen LogP) is 3.70. The standard InChI is InChI=1S/C22H29N3O3S/c1-16-7-8-17(2)21(15-16)25(29(4,27)28)18(3)22(26)23-19-9-11-20(12-10-19)24-13-5-6-14-24/h7-12,15,18H,5-6,13-14H2,1-4H3,(H,23,26)/t18-/m1/s1.